The molecular weight excluding hydrogens is 395 g/mol. The number of thioether (sulfide) groups is 1. The van der Waals surface area contributed by atoms with E-state index in [1.807, 2.05) is 0 Å². The number of hydrogen-bond acceptors (Lipinski definition) is 5. The summed E-state index contributed by atoms with van der Waals surface area (Å²) in [5, 5.41) is 2.71. The Morgan fingerprint density at radius 1 is 1.04 bits per heavy atom. The summed E-state index contributed by atoms with van der Waals surface area (Å²) in [5.74, 6) is -1.31. The number of rotatable bonds is 5. The average Bonchev–Trinajstić information content (AvgIpc) is 2.64. The van der Waals surface area contributed by atoms with Gasteiger partial charge < -0.3 is 10.1 Å². The Morgan fingerprint density at radius 3 is 2.39 bits per heavy atom. The monoisotopic (exact) mass is 409 g/mol. The molecule has 1 aliphatic rings. The van der Waals surface area contributed by atoms with E-state index in [1.54, 1.807) is 12.1 Å². The third-order valence-electron chi connectivity index (χ3n) is 3.98. The van der Waals surface area contributed by atoms with Crippen molar-refractivity contribution in [2.75, 3.05) is 11.9 Å². The molecule has 9 heteroatoms. The first-order valence-corrected chi connectivity index (χ1v) is 9.02. The molecule has 0 unspecified atom stereocenters. The molecule has 28 heavy (non-hydrogen) atoms. The number of fused-ring (bicyclic) bond motifs is 1. The van der Waals surface area contributed by atoms with Crippen molar-refractivity contribution in [3.63, 3.8) is 0 Å². The van der Waals surface area contributed by atoms with E-state index in [0.29, 0.717) is 24.1 Å². The summed E-state index contributed by atoms with van der Waals surface area (Å²) in [6.07, 6.45) is 0.854. The summed E-state index contributed by atoms with van der Waals surface area (Å²) in [6, 6.07) is 9.55. The van der Waals surface area contributed by atoms with Gasteiger partial charge in [-0.05, 0) is 66.2 Å². The van der Waals surface area contributed by atoms with Crippen LogP contribution >= 0.6 is 11.8 Å². The standard InChI is InChI=1S/C19H14F3NO4S/c20-19(21,22)28-14-5-1-11(2-6-14)18(26)27-10-16(24)13-3-7-15-12(9-13)4-8-17(25)23-15/h1-3,5-7,9H,4,8,10H2,(H,23,25). The number of benzene rings is 2. The van der Waals surface area contributed by atoms with E-state index in [-0.39, 0.29) is 28.1 Å². The van der Waals surface area contributed by atoms with Crippen LogP contribution in [0.1, 0.15) is 32.7 Å². The molecule has 5 nitrogen and oxygen atoms in total. The molecule has 1 aliphatic heterocycles. The summed E-state index contributed by atoms with van der Waals surface area (Å²) < 4.78 is 41.9. The van der Waals surface area contributed by atoms with Crippen LogP contribution in [0.4, 0.5) is 18.9 Å². The predicted octanol–water partition coefficient (Wildman–Crippen LogP) is 4.22. The number of halogens is 3. The Hall–Kier alpha value is -2.81. The number of nitrogens with one attached hydrogen (secondary N) is 1. The summed E-state index contributed by atoms with van der Waals surface area (Å²) >= 11 is -0.284. The lowest BCUT2D eigenvalue weighted by Gasteiger charge is -2.17. The number of amides is 1. The van der Waals surface area contributed by atoms with Crippen LogP contribution in [0.25, 0.3) is 0 Å². The summed E-state index contributed by atoms with van der Waals surface area (Å²) in [5.41, 5.74) is -2.53. The normalized spacial score (nSPS) is 13.5. The second-order valence-corrected chi connectivity index (χ2v) is 7.13. The minimum absolute atomic E-state index is 0.0486. The zero-order chi connectivity index (χ0) is 20.3. The van der Waals surface area contributed by atoms with E-state index in [9.17, 15) is 27.6 Å². The van der Waals surface area contributed by atoms with Crippen molar-refractivity contribution in [3.05, 3.63) is 59.2 Å². The molecule has 0 fully saturated rings. The summed E-state index contributed by atoms with van der Waals surface area (Å²) in [6.45, 7) is -0.497. The second-order valence-electron chi connectivity index (χ2n) is 5.99. The molecule has 3 rings (SSSR count). The van der Waals surface area contributed by atoms with Gasteiger partial charge in [-0.15, -0.1) is 0 Å². The van der Waals surface area contributed by atoms with Gasteiger partial charge in [-0.25, -0.2) is 4.79 Å². The summed E-state index contributed by atoms with van der Waals surface area (Å²) in [7, 11) is 0. The fourth-order valence-electron chi connectivity index (χ4n) is 2.65. The van der Waals surface area contributed by atoms with Crippen molar-refractivity contribution in [3.8, 4) is 0 Å². The SMILES string of the molecule is O=C1CCc2cc(C(=O)COC(=O)c3ccc(SC(F)(F)F)cc3)ccc2N1. The van der Waals surface area contributed by atoms with Gasteiger partial charge >= 0.3 is 11.5 Å². The number of ether oxygens (including phenoxy) is 1. The number of ketones is 1. The molecule has 0 radical (unpaired) electrons. The van der Waals surface area contributed by atoms with Gasteiger partial charge in [-0.3, -0.25) is 9.59 Å². The number of Topliss-reactive ketones (excluding diaryl/α,β-unsaturated/α-hetero) is 1. The van der Waals surface area contributed by atoms with Gasteiger partial charge in [0, 0.05) is 22.6 Å². The maximum absolute atomic E-state index is 12.3. The third-order valence-corrected chi connectivity index (χ3v) is 4.72. The zero-order valence-corrected chi connectivity index (χ0v) is 15.2. The van der Waals surface area contributed by atoms with Gasteiger partial charge in [0.1, 0.15) is 0 Å². The van der Waals surface area contributed by atoms with E-state index in [0.717, 1.165) is 17.7 Å². The van der Waals surface area contributed by atoms with Crippen LogP contribution in [-0.4, -0.2) is 29.8 Å². The first-order valence-electron chi connectivity index (χ1n) is 8.20. The van der Waals surface area contributed by atoms with Gasteiger partial charge in [0.2, 0.25) is 5.91 Å². The third kappa shape index (κ3) is 5.13. The van der Waals surface area contributed by atoms with E-state index in [4.69, 9.17) is 4.74 Å². The average molecular weight is 409 g/mol. The highest BCUT2D eigenvalue weighted by Gasteiger charge is 2.29. The molecule has 0 aliphatic carbocycles. The highest BCUT2D eigenvalue weighted by atomic mass is 32.2. The van der Waals surface area contributed by atoms with Crippen molar-refractivity contribution in [1.29, 1.82) is 0 Å². The number of carbonyl (C=O) groups excluding carboxylic acids is 3. The van der Waals surface area contributed by atoms with E-state index in [2.05, 4.69) is 5.32 Å². The molecule has 0 spiro atoms. The molecule has 0 aromatic heterocycles. The number of carbonyl (C=O) groups is 3. The first-order chi connectivity index (χ1) is 13.2. The van der Waals surface area contributed by atoms with Gasteiger partial charge in [-0.2, -0.15) is 13.2 Å². The lowest BCUT2D eigenvalue weighted by Crippen LogP contribution is -2.20. The molecule has 2 aromatic rings. The lowest BCUT2D eigenvalue weighted by molar-refractivity contribution is -0.116. The van der Waals surface area contributed by atoms with Gasteiger partial charge in [0.25, 0.3) is 0 Å². The van der Waals surface area contributed by atoms with E-state index in [1.165, 1.54) is 18.2 Å². The topological polar surface area (TPSA) is 72.5 Å². The molecule has 0 atom stereocenters. The minimum Gasteiger partial charge on any atom is -0.454 e. The fraction of sp³-hybridized carbons (Fsp3) is 0.211. The van der Waals surface area contributed by atoms with Crippen molar-refractivity contribution in [1.82, 2.24) is 0 Å². The Labute approximate surface area is 162 Å². The van der Waals surface area contributed by atoms with Gasteiger partial charge in [0.05, 0.1) is 5.56 Å². The summed E-state index contributed by atoms with van der Waals surface area (Å²) in [4.78, 5) is 35.5. The molecule has 2 aromatic carbocycles. The quantitative estimate of drug-likeness (QED) is 0.455. The van der Waals surface area contributed by atoms with Crippen molar-refractivity contribution in [2.45, 2.75) is 23.2 Å². The second kappa shape index (κ2) is 8.05. The maximum atomic E-state index is 12.3. The Morgan fingerprint density at radius 2 is 1.71 bits per heavy atom. The van der Waals surface area contributed by atoms with Crippen molar-refractivity contribution >= 4 is 35.1 Å². The number of alkyl halides is 3. The molecule has 0 saturated heterocycles. The zero-order valence-electron chi connectivity index (χ0n) is 14.3. The van der Waals surface area contributed by atoms with E-state index < -0.39 is 23.9 Å². The molecular formula is C19H14F3NO4S. The highest BCUT2D eigenvalue weighted by molar-refractivity contribution is 8.00. The lowest BCUT2D eigenvalue weighted by atomic mass is 9.99. The molecule has 146 valence electrons. The number of esters is 1. The van der Waals surface area contributed by atoms with Gasteiger partial charge in [0.15, 0.2) is 12.4 Å². The Bertz CT molecular complexity index is 926. The van der Waals surface area contributed by atoms with Crippen LogP contribution in [0.5, 0.6) is 0 Å². The van der Waals surface area contributed by atoms with Crippen LogP contribution in [0.3, 0.4) is 0 Å². The largest absolute Gasteiger partial charge is 0.454 e. The van der Waals surface area contributed by atoms with Crippen LogP contribution in [0, 0.1) is 0 Å². The van der Waals surface area contributed by atoms with E-state index >= 15 is 0 Å². The van der Waals surface area contributed by atoms with Crippen molar-refractivity contribution < 1.29 is 32.3 Å². The van der Waals surface area contributed by atoms with Crippen LogP contribution in [0.15, 0.2) is 47.4 Å². The number of aryl methyl sites for hydroxylation is 1. The Kier molecular flexibility index (Phi) is 5.73. The number of hydrogen-bond donors (Lipinski definition) is 1. The first kappa shape index (κ1) is 19.9. The molecule has 1 amide bonds. The smallest absolute Gasteiger partial charge is 0.446 e. The fourth-order valence-corrected chi connectivity index (χ4v) is 3.19. The van der Waals surface area contributed by atoms with Crippen molar-refractivity contribution in [2.24, 2.45) is 0 Å². The Balaban J connectivity index is 1.58. The van der Waals surface area contributed by atoms with Crippen LogP contribution < -0.4 is 5.32 Å². The van der Waals surface area contributed by atoms with Crippen LogP contribution in [-0.2, 0) is 16.0 Å². The molecule has 1 heterocycles. The molecule has 0 bridgehead atoms. The van der Waals surface area contributed by atoms with Gasteiger partial charge in [-0.1, -0.05) is 0 Å². The number of anilines is 1. The molecule has 1 N–H and O–H groups in total. The maximum Gasteiger partial charge on any atom is 0.446 e. The van der Waals surface area contributed by atoms with Crippen LogP contribution in [0.2, 0.25) is 0 Å². The minimum atomic E-state index is -4.41. The molecule has 0 saturated carbocycles. The highest BCUT2D eigenvalue weighted by Crippen LogP contribution is 2.36. The predicted molar refractivity (Wildman–Crippen MR) is 96.4 cm³/mol.